The molecule has 2 nitrogen and oxygen atoms in total. The van der Waals surface area contributed by atoms with Crippen LogP contribution in [0.1, 0.15) is 43.4 Å². The summed E-state index contributed by atoms with van der Waals surface area (Å²) in [4.78, 5) is 4.26. The van der Waals surface area contributed by atoms with Gasteiger partial charge in [-0.15, -0.1) is 0 Å². The number of rotatable bonds is 2. The van der Waals surface area contributed by atoms with Gasteiger partial charge in [-0.25, -0.2) is 0 Å². The predicted octanol–water partition coefficient (Wildman–Crippen LogP) is 3.68. The Labute approximate surface area is 114 Å². The average Bonchev–Trinajstić information content (AvgIpc) is 2.77. The van der Waals surface area contributed by atoms with E-state index >= 15 is 0 Å². The molecule has 1 saturated heterocycles. The van der Waals surface area contributed by atoms with Crippen LogP contribution in [0.2, 0.25) is 0 Å². The Morgan fingerprint density at radius 3 is 2.47 bits per heavy atom. The van der Waals surface area contributed by atoms with Crippen molar-refractivity contribution in [2.45, 2.75) is 37.8 Å². The first-order valence-electron chi connectivity index (χ1n) is 6.89. The summed E-state index contributed by atoms with van der Waals surface area (Å²) in [6.45, 7) is 4.57. The molecular weight excluding hydrogens is 232 g/mol. The third kappa shape index (κ3) is 2.41. The van der Waals surface area contributed by atoms with Gasteiger partial charge >= 0.3 is 0 Å². The molecule has 98 valence electrons. The lowest BCUT2D eigenvalue weighted by molar-refractivity contribution is 0.397. The first-order chi connectivity index (χ1) is 9.17. The van der Waals surface area contributed by atoms with E-state index in [0.29, 0.717) is 12.0 Å². The Bertz CT molecular complexity index is 534. The van der Waals surface area contributed by atoms with Crippen molar-refractivity contribution >= 4 is 0 Å². The highest BCUT2D eigenvalue weighted by Crippen LogP contribution is 2.43. The maximum atomic E-state index is 4.26. The van der Waals surface area contributed by atoms with E-state index in [4.69, 9.17) is 0 Å². The summed E-state index contributed by atoms with van der Waals surface area (Å²) in [5.41, 5.74) is 2.81. The van der Waals surface area contributed by atoms with Gasteiger partial charge in [-0.2, -0.15) is 0 Å². The molecule has 2 heteroatoms. The molecule has 1 aromatic carbocycles. The van der Waals surface area contributed by atoms with Gasteiger partial charge in [-0.1, -0.05) is 36.4 Å². The highest BCUT2D eigenvalue weighted by atomic mass is 15.0. The standard InChI is InChI=1S/C17H20N2/c1-17(2)15(14-9-6-10-18-12-14)11-16(19-17)13-7-4-3-5-8-13/h3-10,12,15-16,19H,11H2,1-2H3. The number of hydrogen-bond donors (Lipinski definition) is 1. The van der Waals surface area contributed by atoms with Crippen molar-refractivity contribution in [1.82, 2.24) is 10.3 Å². The Morgan fingerprint density at radius 2 is 1.79 bits per heavy atom. The lowest BCUT2D eigenvalue weighted by atomic mass is 9.83. The predicted molar refractivity (Wildman–Crippen MR) is 78.0 cm³/mol. The van der Waals surface area contributed by atoms with Gasteiger partial charge in [0.2, 0.25) is 0 Å². The van der Waals surface area contributed by atoms with Gasteiger partial charge in [0.15, 0.2) is 0 Å². The van der Waals surface area contributed by atoms with Crippen LogP contribution in [0.15, 0.2) is 54.9 Å². The zero-order valence-corrected chi connectivity index (χ0v) is 11.5. The van der Waals surface area contributed by atoms with Crippen LogP contribution in [0.25, 0.3) is 0 Å². The molecule has 1 fully saturated rings. The van der Waals surface area contributed by atoms with Crippen molar-refractivity contribution in [3.63, 3.8) is 0 Å². The van der Waals surface area contributed by atoms with Crippen LogP contribution in [0.3, 0.4) is 0 Å². The molecule has 2 heterocycles. The minimum Gasteiger partial charge on any atom is -0.304 e. The van der Waals surface area contributed by atoms with E-state index in [1.165, 1.54) is 11.1 Å². The molecule has 1 N–H and O–H groups in total. The molecule has 0 saturated carbocycles. The van der Waals surface area contributed by atoms with Gasteiger partial charge in [0, 0.05) is 29.9 Å². The molecule has 0 spiro atoms. The van der Waals surface area contributed by atoms with Crippen LogP contribution < -0.4 is 5.32 Å². The van der Waals surface area contributed by atoms with Crippen LogP contribution >= 0.6 is 0 Å². The van der Waals surface area contributed by atoms with Gasteiger partial charge in [0.05, 0.1) is 0 Å². The fraction of sp³-hybridized carbons (Fsp3) is 0.353. The summed E-state index contributed by atoms with van der Waals surface area (Å²) in [6.07, 6.45) is 4.97. The number of aromatic nitrogens is 1. The quantitative estimate of drug-likeness (QED) is 0.882. The highest BCUT2D eigenvalue weighted by molar-refractivity contribution is 5.28. The highest BCUT2D eigenvalue weighted by Gasteiger charge is 2.41. The summed E-state index contributed by atoms with van der Waals surface area (Å²) in [5.74, 6) is 0.506. The van der Waals surface area contributed by atoms with Gasteiger partial charge in [-0.3, -0.25) is 4.98 Å². The number of nitrogens with zero attached hydrogens (tertiary/aromatic N) is 1. The average molecular weight is 252 g/mol. The first-order valence-corrected chi connectivity index (χ1v) is 6.89. The molecule has 2 unspecified atom stereocenters. The van der Waals surface area contributed by atoms with Gasteiger partial charge in [0.25, 0.3) is 0 Å². The minimum atomic E-state index is 0.101. The zero-order valence-electron chi connectivity index (χ0n) is 11.5. The second-order valence-corrected chi connectivity index (χ2v) is 5.90. The van der Waals surface area contributed by atoms with Crippen molar-refractivity contribution in [3.05, 3.63) is 66.0 Å². The minimum absolute atomic E-state index is 0.101. The monoisotopic (exact) mass is 252 g/mol. The summed E-state index contributed by atoms with van der Waals surface area (Å²) in [5, 5.41) is 3.77. The number of hydrogen-bond acceptors (Lipinski definition) is 2. The lowest BCUT2D eigenvalue weighted by Crippen LogP contribution is -2.37. The van der Waals surface area contributed by atoms with E-state index in [1.807, 2.05) is 18.5 Å². The van der Waals surface area contributed by atoms with E-state index in [2.05, 4.69) is 60.5 Å². The molecule has 1 aromatic heterocycles. The summed E-state index contributed by atoms with van der Waals surface area (Å²) in [7, 11) is 0. The molecule has 0 radical (unpaired) electrons. The molecule has 2 aromatic rings. The second kappa shape index (κ2) is 4.78. The van der Waals surface area contributed by atoms with Gasteiger partial charge < -0.3 is 5.32 Å². The van der Waals surface area contributed by atoms with Crippen LogP contribution in [0.4, 0.5) is 0 Å². The second-order valence-electron chi connectivity index (χ2n) is 5.90. The molecule has 19 heavy (non-hydrogen) atoms. The summed E-state index contributed by atoms with van der Waals surface area (Å²) >= 11 is 0. The Kier molecular flexibility index (Phi) is 3.11. The molecule has 0 bridgehead atoms. The van der Waals surface area contributed by atoms with Crippen LogP contribution in [0, 0.1) is 0 Å². The summed E-state index contributed by atoms with van der Waals surface area (Å²) < 4.78 is 0. The summed E-state index contributed by atoms with van der Waals surface area (Å²) in [6, 6.07) is 15.4. The third-order valence-corrected chi connectivity index (χ3v) is 4.18. The van der Waals surface area contributed by atoms with Crippen molar-refractivity contribution in [1.29, 1.82) is 0 Å². The van der Waals surface area contributed by atoms with Crippen LogP contribution in [-0.4, -0.2) is 10.5 Å². The van der Waals surface area contributed by atoms with E-state index < -0.39 is 0 Å². The molecule has 2 atom stereocenters. The molecule has 3 rings (SSSR count). The van der Waals surface area contributed by atoms with Crippen molar-refractivity contribution < 1.29 is 0 Å². The van der Waals surface area contributed by atoms with Crippen molar-refractivity contribution in [2.75, 3.05) is 0 Å². The Balaban J connectivity index is 1.88. The zero-order chi connectivity index (χ0) is 13.3. The van der Waals surface area contributed by atoms with Crippen LogP contribution in [-0.2, 0) is 0 Å². The number of pyridine rings is 1. The Hall–Kier alpha value is -1.67. The molecule has 1 aliphatic rings. The van der Waals surface area contributed by atoms with E-state index in [1.54, 1.807) is 0 Å². The van der Waals surface area contributed by atoms with E-state index in [-0.39, 0.29) is 5.54 Å². The SMILES string of the molecule is CC1(C)NC(c2ccccc2)CC1c1cccnc1. The third-order valence-electron chi connectivity index (χ3n) is 4.18. The molecule has 0 amide bonds. The smallest absolute Gasteiger partial charge is 0.0331 e. The van der Waals surface area contributed by atoms with E-state index in [0.717, 1.165) is 6.42 Å². The Morgan fingerprint density at radius 1 is 1.05 bits per heavy atom. The maximum absolute atomic E-state index is 4.26. The van der Waals surface area contributed by atoms with E-state index in [9.17, 15) is 0 Å². The maximum Gasteiger partial charge on any atom is 0.0331 e. The lowest BCUT2D eigenvalue weighted by Gasteiger charge is -2.27. The molecular formula is C17H20N2. The largest absolute Gasteiger partial charge is 0.304 e. The topological polar surface area (TPSA) is 24.9 Å². The van der Waals surface area contributed by atoms with Gasteiger partial charge in [-0.05, 0) is 37.5 Å². The number of benzene rings is 1. The normalized spacial score (nSPS) is 25.4. The molecule has 1 aliphatic heterocycles. The van der Waals surface area contributed by atoms with Crippen LogP contribution in [0.5, 0.6) is 0 Å². The van der Waals surface area contributed by atoms with Gasteiger partial charge in [0.1, 0.15) is 0 Å². The van der Waals surface area contributed by atoms with Crippen molar-refractivity contribution in [2.24, 2.45) is 0 Å². The number of nitrogens with one attached hydrogen (secondary N) is 1. The fourth-order valence-corrected chi connectivity index (χ4v) is 3.18. The molecule has 0 aliphatic carbocycles. The fourth-order valence-electron chi connectivity index (χ4n) is 3.18. The van der Waals surface area contributed by atoms with Crippen molar-refractivity contribution in [3.8, 4) is 0 Å². The first kappa shape index (κ1) is 12.4.